The summed E-state index contributed by atoms with van der Waals surface area (Å²) in [5, 5.41) is 14.4. The summed E-state index contributed by atoms with van der Waals surface area (Å²) in [6.07, 6.45) is 0. The van der Waals surface area contributed by atoms with Gasteiger partial charge in [-0.15, -0.1) is 0 Å². The molecule has 1 unspecified atom stereocenters. The van der Waals surface area contributed by atoms with Crippen molar-refractivity contribution in [2.75, 3.05) is 12.4 Å². The predicted molar refractivity (Wildman–Crippen MR) is 78.2 cm³/mol. The van der Waals surface area contributed by atoms with Crippen LogP contribution in [0.1, 0.15) is 26.3 Å². The highest BCUT2D eigenvalue weighted by molar-refractivity contribution is 7.99. The van der Waals surface area contributed by atoms with E-state index in [1.54, 1.807) is 12.1 Å². The summed E-state index contributed by atoms with van der Waals surface area (Å²) in [6.45, 7) is 6.56. The summed E-state index contributed by atoms with van der Waals surface area (Å²) >= 11 is 1.82. The van der Waals surface area contributed by atoms with Gasteiger partial charge in [0.25, 0.3) is 5.69 Å². The van der Waals surface area contributed by atoms with E-state index in [1.807, 2.05) is 18.8 Å². The average Bonchev–Trinajstić information content (AvgIpc) is 2.35. The Balaban J connectivity index is 2.84. The molecular weight excluding hydrogens is 248 g/mol. The Kier molecular flexibility index (Phi) is 5.47. The van der Waals surface area contributed by atoms with E-state index < -0.39 is 0 Å². The standard InChI is InChI=1S/C13H20N2O2S/c1-9(2)10(3)18-8-11-7-12(15(16)17)5-6-13(11)14-4/h5-7,9-10,14H,8H2,1-4H3. The Bertz CT molecular complexity index is 421. The first kappa shape index (κ1) is 14.8. The first-order valence-corrected chi connectivity index (χ1v) is 7.07. The number of non-ortho nitro benzene ring substituents is 1. The zero-order valence-corrected chi connectivity index (χ0v) is 12.1. The lowest BCUT2D eigenvalue weighted by molar-refractivity contribution is -0.384. The lowest BCUT2D eigenvalue weighted by atomic mass is 10.1. The van der Waals surface area contributed by atoms with Gasteiger partial charge < -0.3 is 5.32 Å². The van der Waals surface area contributed by atoms with Crippen LogP contribution in [0.5, 0.6) is 0 Å². The van der Waals surface area contributed by atoms with Crippen LogP contribution in [0, 0.1) is 16.0 Å². The molecule has 0 fully saturated rings. The van der Waals surface area contributed by atoms with Gasteiger partial charge >= 0.3 is 0 Å². The highest BCUT2D eigenvalue weighted by atomic mass is 32.2. The zero-order valence-electron chi connectivity index (χ0n) is 11.3. The average molecular weight is 268 g/mol. The SMILES string of the molecule is CNc1ccc([N+](=O)[O-])cc1CSC(C)C(C)C. The largest absolute Gasteiger partial charge is 0.388 e. The molecule has 5 heteroatoms. The maximum absolute atomic E-state index is 10.8. The third-order valence-electron chi connectivity index (χ3n) is 3.01. The summed E-state index contributed by atoms with van der Waals surface area (Å²) in [6, 6.07) is 4.96. The summed E-state index contributed by atoms with van der Waals surface area (Å²) in [5.74, 6) is 1.39. The fourth-order valence-electron chi connectivity index (χ4n) is 1.47. The maximum atomic E-state index is 10.8. The van der Waals surface area contributed by atoms with Crippen LogP contribution < -0.4 is 5.32 Å². The van der Waals surface area contributed by atoms with Crippen molar-refractivity contribution in [3.8, 4) is 0 Å². The number of hydrogen-bond donors (Lipinski definition) is 1. The minimum absolute atomic E-state index is 0.154. The molecule has 100 valence electrons. The van der Waals surface area contributed by atoms with Crippen molar-refractivity contribution >= 4 is 23.1 Å². The van der Waals surface area contributed by atoms with Crippen molar-refractivity contribution in [2.45, 2.75) is 31.8 Å². The Morgan fingerprint density at radius 3 is 2.56 bits per heavy atom. The minimum atomic E-state index is -0.348. The molecule has 0 heterocycles. The number of rotatable bonds is 6. The number of nitrogens with zero attached hydrogens (tertiary/aromatic N) is 1. The van der Waals surface area contributed by atoms with Gasteiger partial charge in [-0.3, -0.25) is 10.1 Å². The van der Waals surface area contributed by atoms with E-state index in [0.717, 1.165) is 17.0 Å². The number of nitro benzene ring substituents is 1. The van der Waals surface area contributed by atoms with Crippen LogP contribution in [0.25, 0.3) is 0 Å². The van der Waals surface area contributed by atoms with Crippen molar-refractivity contribution in [1.82, 2.24) is 0 Å². The van der Waals surface area contributed by atoms with Gasteiger partial charge in [0.05, 0.1) is 4.92 Å². The molecule has 0 bridgehead atoms. The van der Waals surface area contributed by atoms with Crippen molar-refractivity contribution < 1.29 is 4.92 Å². The number of benzene rings is 1. The Morgan fingerprint density at radius 2 is 2.06 bits per heavy atom. The fraction of sp³-hybridized carbons (Fsp3) is 0.538. The van der Waals surface area contributed by atoms with Crippen LogP contribution in [-0.2, 0) is 5.75 Å². The number of nitro groups is 1. The molecule has 1 aromatic carbocycles. The highest BCUT2D eigenvalue weighted by Crippen LogP contribution is 2.29. The van der Waals surface area contributed by atoms with E-state index in [-0.39, 0.29) is 10.6 Å². The molecule has 4 nitrogen and oxygen atoms in total. The van der Waals surface area contributed by atoms with E-state index in [1.165, 1.54) is 6.07 Å². The van der Waals surface area contributed by atoms with Crippen molar-refractivity contribution in [2.24, 2.45) is 5.92 Å². The second-order valence-corrected chi connectivity index (χ2v) is 5.97. The minimum Gasteiger partial charge on any atom is -0.388 e. The van der Waals surface area contributed by atoms with Crippen LogP contribution in [0.15, 0.2) is 18.2 Å². The number of thioether (sulfide) groups is 1. The van der Waals surface area contributed by atoms with Gasteiger partial charge in [-0.1, -0.05) is 20.8 Å². The highest BCUT2D eigenvalue weighted by Gasteiger charge is 2.13. The van der Waals surface area contributed by atoms with Gasteiger partial charge in [-0.25, -0.2) is 0 Å². The molecule has 1 rings (SSSR count). The molecule has 1 atom stereocenters. The molecule has 0 aromatic heterocycles. The van der Waals surface area contributed by atoms with Crippen LogP contribution in [0.2, 0.25) is 0 Å². The first-order chi connectivity index (χ1) is 8.45. The monoisotopic (exact) mass is 268 g/mol. The van der Waals surface area contributed by atoms with Crippen molar-refractivity contribution in [3.63, 3.8) is 0 Å². The number of hydrogen-bond acceptors (Lipinski definition) is 4. The molecule has 1 N–H and O–H groups in total. The van der Waals surface area contributed by atoms with Gasteiger partial charge in [0.1, 0.15) is 0 Å². The van der Waals surface area contributed by atoms with Gasteiger partial charge in [0, 0.05) is 35.9 Å². The van der Waals surface area contributed by atoms with Crippen LogP contribution in [0.4, 0.5) is 11.4 Å². The fourth-order valence-corrected chi connectivity index (χ4v) is 2.54. The van der Waals surface area contributed by atoms with E-state index >= 15 is 0 Å². The predicted octanol–water partition coefficient (Wildman–Crippen LogP) is 3.91. The van der Waals surface area contributed by atoms with Gasteiger partial charge in [-0.2, -0.15) is 11.8 Å². The van der Waals surface area contributed by atoms with E-state index in [9.17, 15) is 10.1 Å². The number of nitrogens with one attached hydrogen (secondary N) is 1. The maximum Gasteiger partial charge on any atom is 0.269 e. The molecule has 0 aliphatic rings. The third kappa shape index (κ3) is 3.91. The first-order valence-electron chi connectivity index (χ1n) is 6.02. The molecule has 0 saturated carbocycles. The Hall–Kier alpha value is -1.23. The topological polar surface area (TPSA) is 55.2 Å². The second-order valence-electron chi connectivity index (χ2n) is 4.61. The lowest BCUT2D eigenvalue weighted by Gasteiger charge is -2.16. The molecule has 0 spiro atoms. The zero-order chi connectivity index (χ0) is 13.7. The van der Waals surface area contributed by atoms with E-state index in [2.05, 4.69) is 26.1 Å². The summed E-state index contributed by atoms with van der Waals surface area (Å²) < 4.78 is 0. The summed E-state index contributed by atoms with van der Waals surface area (Å²) in [4.78, 5) is 10.4. The third-order valence-corrected chi connectivity index (χ3v) is 4.56. The molecule has 0 amide bonds. The molecule has 0 aliphatic carbocycles. The Morgan fingerprint density at radius 1 is 1.39 bits per heavy atom. The van der Waals surface area contributed by atoms with E-state index in [0.29, 0.717) is 11.2 Å². The van der Waals surface area contributed by atoms with Gasteiger partial charge in [0.2, 0.25) is 0 Å². The van der Waals surface area contributed by atoms with E-state index in [4.69, 9.17) is 0 Å². The van der Waals surface area contributed by atoms with Crippen LogP contribution in [0.3, 0.4) is 0 Å². The Labute approximate surface area is 112 Å². The summed E-state index contributed by atoms with van der Waals surface area (Å²) in [7, 11) is 1.83. The number of anilines is 1. The summed E-state index contributed by atoms with van der Waals surface area (Å²) in [5.41, 5.74) is 2.11. The second kappa shape index (κ2) is 6.64. The van der Waals surface area contributed by atoms with Crippen LogP contribution >= 0.6 is 11.8 Å². The van der Waals surface area contributed by atoms with Gasteiger partial charge in [-0.05, 0) is 17.5 Å². The molecule has 0 radical (unpaired) electrons. The van der Waals surface area contributed by atoms with Crippen LogP contribution in [-0.4, -0.2) is 17.2 Å². The van der Waals surface area contributed by atoms with Crippen molar-refractivity contribution in [1.29, 1.82) is 0 Å². The normalized spacial score (nSPS) is 12.5. The smallest absolute Gasteiger partial charge is 0.269 e. The van der Waals surface area contributed by atoms with Gasteiger partial charge in [0.15, 0.2) is 0 Å². The molecular formula is C13H20N2O2S. The molecule has 0 aliphatic heterocycles. The lowest BCUT2D eigenvalue weighted by Crippen LogP contribution is -2.06. The quantitative estimate of drug-likeness (QED) is 0.627. The molecule has 1 aromatic rings. The van der Waals surface area contributed by atoms with Crippen molar-refractivity contribution in [3.05, 3.63) is 33.9 Å². The molecule has 0 saturated heterocycles. The molecule has 18 heavy (non-hydrogen) atoms.